The second-order valence-electron chi connectivity index (χ2n) is 4.51. The van der Waals surface area contributed by atoms with Gasteiger partial charge in [0.15, 0.2) is 6.61 Å². The molecule has 0 unspecified atom stereocenters. The predicted octanol–water partition coefficient (Wildman–Crippen LogP) is 3.63. The standard InChI is InChI=1S/C17H17N3O3/c1-2-22-15-7-3-13(4-8-15)19-17(21)20-14-5-9-16(10-6-14)23-12-11-18/h3-10H,2,12H2,1H3,(H2,19,20,21). The maximum Gasteiger partial charge on any atom is 0.323 e. The number of rotatable bonds is 6. The van der Waals surface area contributed by atoms with Gasteiger partial charge in [0.25, 0.3) is 0 Å². The van der Waals surface area contributed by atoms with Gasteiger partial charge in [0.2, 0.25) is 0 Å². The Bertz CT molecular complexity index is 676. The molecule has 0 saturated carbocycles. The van der Waals surface area contributed by atoms with Crippen LogP contribution in [0, 0.1) is 11.3 Å². The van der Waals surface area contributed by atoms with Crippen LogP contribution in [0.2, 0.25) is 0 Å². The number of nitriles is 1. The van der Waals surface area contributed by atoms with Crippen molar-refractivity contribution in [2.45, 2.75) is 6.92 Å². The zero-order valence-corrected chi connectivity index (χ0v) is 12.7. The predicted molar refractivity (Wildman–Crippen MR) is 87.8 cm³/mol. The topological polar surface area (TPSA) is 83.4 Å². The summed E-state index contributed by atoms with van der Waals surface area (Å²) in [5.41, 5.74) is 1.29. The molecule has 2 rings (SSSR count). The van der Waals surface area contributed by atoms with Gasteiger partial charge in [-0.05, 0) is 55.5 Å². The molecule has 0 heterocycles. The van der Waals surface area contributed by atoms with Crippen LogP contribution in [-0.4, -0.2) is 19.2 Å². The van der Waals surface area contributed by atoms with Gasteiger partial charge in [0.1, 0.15) is 17.6 Å². The average Bonchev–Trinajstić information content (AvgIpc) is 2.56. The first kappa shape index (κ1) is 16.2. The van der Waals surface area contributed by atoms with E-state index in [9.17, 15) is 4.79 Å². The second-order valence-corrected chi connectivity index (χ2v) is 4.51. The first-order chi connectivity index (χ1) is 11.2. The number of ether oxygens (including phenoxy) is 2. The molecule has 2 amide bonds. The smallest absolute Gasteiger partial charge is 0.323 e. The van der Waals surface area contributed by atoms with E-state index in [2.05, 4.69) is 10.6 Å². The molecule has 2 aromatic rings. The van der Waals surface area contributed by atoms with Gasteiger partial charge in [-0.25, -0.2) is 4.79 Å². The highest BCUT2D eigenvalue weighted by Crippen LogP contribution is 2.17. The summed E-state index contributed by atoms with van der Waals surface area (Å²) in [4.78, 5) is 11.9. The number of carbonyl (C=O) groups is 1. The van der Waals surface area contributed by atoms with Crippen LogP contribution in [0.5, 0.6) is 11.5 Å². The SMILES string of the molecule is CCOc1ccc(NC(=O)Nc2ccc(OCC#N)cc2)cc1. The molecule has 2 aromatic carbocycles. The molecule has 6 nitrogen and oxygen atoms in total. The second kappa shape index (κ2) is 8.29. The van der Waals surface area contributed by atoms with Crippen LogP contribution in [0.15, 0.2) is 48.5 Å². The minimum atomic E-state index is -0.347. The van der Waals surface area contributed by atoms with Gasteiger partial charge < -0.3 is 20.1 Å². The Morgan fingerprint density at radius 1 is 0.957 bits per heavy atom. The summed E-state index contributed by atoms with van der Waals surface area (Å²) in [5.74, 6) is 1.33. The van der Waals surface area contributed by atoms with E-state index in [1.807, 2.05) is 13.0 Å². The first-order valence-corrected chi connectivity index (χ1v) is 7.12. The molecule has 0 aliphatic carbocycles. The molecule has 6 heteroatoms. The van der Waals surface area contributed by atoms with Gasteiger partial charge in [0, 0.05) is 11.4 Å². The summed E-state index contributed by atoms with van der Waals surface area (Å²) in [6.07, 6.45) is 0. The number of urea groups is 1. The van der Waals surface area contributed by atoms with Crippen molar-refractivity contribution in [3.8, 4) is 17.6 Å². The normalized spacial score (nSPS) is 9.57. The lowest BCUT2D eigenvalue weighted by atomic mass is 10.3. The molecule has 0 aliphatic rings. The minimum Gasteiger partial charge on any atom is -0.494 e. The number of carbonyl (C=O) groups excluding carboxylic acids is 1. The maximum absolute atomic E-state index is 11.9. The van der Waals surface area contributed by atoms with E-state index in [0.717, 1.165) is 5.75 Å². The first-order valence-electron chi connectivity index (χ1n) is 7.12. The number of hydrogen-bond donors (Lipinski definition) is 2. The van der Waals surface area contributed by atoms with E-state index in [-0.39, 0.29) is 12.6 Å². The Morgan fingerprint density at radius 2 is 1.43 bits per heavy atom. The van der Waals surface area contributed by atoms with Gasteiger partial charge in [-0.15, -0.1) is 0 Å². The van der Waals surface area contributed by atoms with Crippen LogP contribution in [0.1, 0.15) is 6.92 Å². The largest absolute Gasteiger partial charge is 0.494 e. The van der Waals surface area contributed by atoms with Crippen LogP contribution >= 0.6 is 0 Å². The minimum absolute atomic E-state index is 0.00893. The molecule has 118 valence electrons. The third-order valence-electron chi connectivity index (χ3n) is 2.84. The van der Waals surface area contributed by atoms with Gasteiger partial charge in [-0.1, -0.05) is 0 Å². The van der Waals surface area contributed by atoms with Crippen molar-refractivity contribution in [3.63, 3.8) is 0 Å². The number of nitrogens with zero attached hydrogens (tertiary/aromatic N) is 1. The van der Waals surface area contributed by atoms with E-state index >= 15 is 0 Å². The summed E-state index contributed by atoms with van der Waals surface area (Å²) in [6, 6.07) is 15.4. The lowest BCUT2D eigenvalue weighted by Crippen LogP contribution is -2.19. The molecule has 0 bridgehead atoms. The molecule has 0 atom stereocenters. The number of hydrogen-bond acceptors (Lipinski definition) is 4. The molecule has 0 saturated heterocycles. The van der Waals surface area contributed by atoms with E-state index in [0.29, 0.717) is 23.7 Å². The molecular weight excluding hydrogens is 294 g/mol. The van der Waals surface area contributed by atoms with Crippen molar-refractivity contribution in [2.24, 2.45) is 0 Å². The summed E-state index contributed by atoms with van der Waals surface area (Å²) >= 11 is 0. The van der Waals surface area contributed by atoms with Crippen molar-refractivity contribution < 1.29 is 14.3 Å². The van der Waals surface area contributed by atoms with Crippen LogP contribution < -0.4 is 20.1 Å². The van der Waals surface area contributed by atoms with Crippen molar-refractivity contribution in [3.05, 3.63) is 48.5 Å². The van der Waals surface area contributed by atoms with Crippen LogP contribution in [-0.2, 0) is 0 Å². The fourth-order valence-corrected chi connectivity index (χ4v) is 1.84. The molecule has 0 fully saturated rings. The van der Waals surface area contributed by atoms with Crippen molar-refractivity contribution in [1.29, 1.82) is 5.26 Å². The summed E-state index contributed by atoms with van der Waals surface area (Å²) in [5, 5.41) is 13.9. The Morgan fingerprint density at radius 3 is 1.87 bits per heavy atom. The highest BCUT2D eigenvalue weighted by molar-refractivity contribution is 5.99. The van der Waals surface area contributed by atoms with E-state index < -0.39 is 0 Å². The fourth-order valence-electron chi connectivity index (χ4n) is 1.84. The highest BCUT2D eigenvalue weighted by Gasteiger charge is 2.03. The third-order valence-corrected chi connectivity index (χ3v) is 2.84. The number of anilines is 2. The molecule has 0 spiro atoms. The lowest BCUT2D eigenvalue weighted by Gasteiger charge is -2.09. The van der Waals surface area contributed by atoms with Gasteiger partial charge >= 0.3 is 6.03 Å². The van der Waals surface area contributed by atoms with Crippen molar-refractivity contribution in [1.82, 2.24) is 0 Å². The quantitative estimate of drug-likeness (QED) is 0.853. The average molecular weight is 311 g/mol. The molecular formula is C17H17N3O3. The Balaban J connectivity index is 1.87. The highest BCUT2D eigenvalue weighted by atomic mass is 16.5. The summed E-state index contributed by atoms with van der Waals surface area (Å²) in [6.45, 7) is 2.50. The van der Waals surface area contributed by atoms with Crippen LogP contribution in [0.3, 0.4) is 0 Å². The van der Waals surface area contributed by atoms with E-state index in [1.165, 1.54) is 0 Å². The molecule has 23 heavy (non-hydrogen) atoms. The number of amides is 2. The number of benzene rings is 2. The fraction of sp³-hybridized carbons (Fsp3) is 0.176. The van der Waals surface area contributed by atoms with E-state index in [1.54, 1.807) is 48.5 Å². The van der Waals surface area contributed by atoms with Crippen LogP contribution in [0.25, 0.3) is 0 Å². The van der Waals surface area contributed by atoms with Gasteiger partial charge in [0.05, 0.1) is 6.61 Å². The van der Waals surface area contributed by atoms with E-state index in [4.69, 9.17) is 14.7 Å². The maximum atomic E-state index is 11.9. The zero-order valence-electron chi connectivity index (χ0n) is 12.7. The summed E-state index contributed by atoms with van der Waals surface area (Å²) in [7, 11) is 0. The van der Waals surface area contributed by atoms with Gasteiger partial charge in [-0.2, -0.15) is 5.26 Å². The lowest BCUT2D eigenvalue weighted by molar-refractivity contribution is 0.262. The molecule has 0 radical (unpaired) electrons. The van der Waals surface area contributed by atoms with Crippen molar-refractivity contribution >= 4 is 17.4 Å². The Hall–Kier alpha value is -3.20. The van der Waals surface area contributed by atoms with Crippen LogP contribution in [0.4, 0.5) is 16.2 Å². The van der Waals surface area contributed by atoms with Crippen molar-refractivity contribution in [2.75, 3.05) is 23.8 Å². The zero-order chi connectivity index (χ0) is 16.5. The molecule has 0 aliphatic heterocycles. The molecule has 2 N–H and O–H groups in total. The number of nitrogens with one attached hydrogen (secondary N) is 2. The Labute approximate surface area is 134 Å². The monoisotopic (exact) mass is 311 g/mol. The molecule has 0 aromatic heterocycles. The third kappa shape index (κ3) is 5.25. The van der Waals surface area contributed by atoms with Gasteiger partial charge in [-0.3, -0.25) is 0 Å². The Kier molecular flexibility index (Phi) is 5.83. The summed E-state index contributed by atoms with van der Waals surface area (Å²) < 4.78 is 10.5.